The van der Waals surface area contributed by atoms with Crippen molar-refractivity contribution in [3.63, 3.8) is 0 Å². The zero-order chi connectivity index (χ0) is 16.2. The summed E-state index contributed by atoms with van der Waals surface area (Å²) in [5.41, 5.74) is 0.964. The molecule has 1 saturated heterocycles. The van der Waals surface area contributed by atoms with Gasteiger partial charge in [-0.1, -0.05) is 19.1 Å². The number of sulfone groups is 1. The van der Waals surface area contributed by atoms with E-state index in [0.717, 1.165) is 31.5 Å². The molecule has 1 aromatic rings. The molecule has 0 aliphatic carbocycles. The van der Waals surface area contributed by atoms with E-state index in [4.69, 9.17) is 0 Å². The number of nitrogens with zero attached hydrogens (tertiary/aromatic N) is 1. The SMILES string of the molecule is Cc1cccc(S(=O)(=O)CCCN2CCCC(C)C2CO)c1. The number of aryl methyl sites for hydroxylation is 1. The van der Waals surface area contributed by atoms with Crippen molar-refractivity contribution in [2.75, 3.05) is 25.4 Å². The monoisotopic (exact) mass is 325 g/mol. The number of hydrogen-bond acceptors (Lipinski definition) is 4. The first kappa shape index (κ1) is 17.4. The quantitative estimate of drug-likeness (QED) is 0.871. The zero-order valence-corrected chi connectivity index (χ0v) is 14.3. The van der Waals surface area contributed by atoms with Crippen LogP contribution in [0.15, 0.2) is 29.2 Å². The van der Waals surface area contributed by atoms with E-state index in [9.17, 15) is 13.5 Å². The van der Waals surface area contributed by atoms with Crippen molar-refractivity contribution in [2.45, 2.75) is 44.0 Å². The molecule has 5 heteroatoms. The highest BCUT2D eigenvalue weighted by Gasteiger charge is 2.27. The van der Waals surface area contributed by atoms with E-state index in [-0.39, 0.29) is 18.4 Å². The first-order valence-electron chi connectivity index (χ1n) is 8.08. The number of rotatable bonds is 6. The highest BCUT2D eigenvalue weighted by Crippen LogP contribution is 2.23. The van der Waals surface area contributed by atoms with Crippen LogP contribution in [0.2, 0.25) is 0 Å². The third-order valence-electron chi connectivity index (χ3n) is 4.62. The van der Waals surface area contributed by atoms with Crippen molar-refractivity contribution in [2.24, 2.45) is 5.92 Å². The van der Waals surface area contributed by atoms with Gasteiger partial charge >= 0.3 is 0 Å². The topological polar surface area (TPSA) is 57.6 Å². The lowest BCUT2D eigenvalue weighted by Crippen LogP contribution is -2.47. The number of aliphatic hydroxyl groups excluding tert-OH is 1. The minimum absolute atomic E-state index is 0.159. The standard InChI is InChI=1S/C17H27NO3S/c1-14-6-3-8-16(12-14)22(20,21)11-5-10-18-9-4-7-15(2)17(18)13-19/h3,6,8,12,15,17,19H,4-5,7,9-11,13H2,1-2H3. The summed E-state index contributed by atoms with van der Waals surface area (Å²) < 4.78 is 24.7. The van der Waals surface area contributed by atoms with E-state index in [1.54, 1.807) is 18.2 Å². The second-order valence-corrected chi connectivity index (χ2v) is 8.50. The van der Waals surface area contributed by atoms with Crippen LogP contribution in [0.5, 0.6) is 0 Å². The van der Waals surface area contributed by atoms with Crippen LogP contribution in [-0.4, -0.2) is 49.9 Å². The Kier molecular flexibility index (Phi) is 6.01. The van der Waals surface area contributed by atoms with Gasteiger partial charge in [-0.05, 0) is 62.9 Å². The van der Waals surface area contributed by atoms with Crippen molar-refractivity contribution in [3.05, 3.63) is 29.8 Å². The normalized spacial score (nSPS) is 23.6. The predicted octanol–water partition coefficient (Wildman–Crippen LogP) is 2.25. The molecule has 0 radical (unpaired) electrons. The van der Waals surface area contributed by atoms with E-state index in [1.807, 2.05) is 13.0 Å². The average molecular weight is 325 g/mol. The fraction of sp³-hybridized carbons (Fsp3) is 0.647. The van der Waals surface area contributed by atoms with Crippen molar-refractivity contribution in [1.82, 2.24) is 4.90 Å². The summed E-state index contributed by atoms with van der Waals surface area (Å²) >= 11 is 0. The minimum atomic E-state index is -3.21. The molecule has 2 atom stereocenters. The maximum Gasteiger partial charge on any atom is 0.178 e. The molecule has 0 aromatic heterocycles. The lowest BCUT2D eigenvalue weighted by molar-refractivity contribution is 0.0533. The van der Waals surface area contributed by atoms with Crippen LogP contribution in [-0.2, 0) is 9.84 Å². The molecule has 2 rings (SSSR count). The van der Waals surface area contributed by atoms with Crippen LogP contribution in [0, 0.1) is 12.8 Å². The third-order valence-corrected chi connectivity index (χ3v) is 6.42. The Bertz CT molecular complexity index is 585. The van der Waals surface area contributed by atoms with Gasteiger partial charge < -0.3 is 5.11 Å². The fourth-order valence-corrected chi connectivity index (χ4v) is 4.69. The summed E-state index contributed by atoms with van der Waals surface area (Å²) in [7, 11) is -3.21. The third kappa shape index (κ3) is 4.31. The first-order chi connectivity index (χ1) is 10.4. The molecule has 0 spiro atoms. The van der Waals surface area contributed by atoms with Gasteiger partial charge in [0.05, 0.1) is 17.3 Å². The van der Waals surface area contributed by atoms with E-state index >= 15 is 0 Å². The summed E-state index contributed by atoms with van der Waals surface area (Å²) in [5.74, 6) is 0.645. The van der Waals surface area contributed by atoms with Crippen LogP contribution in [0.3, 0.4) is 0 Å². The molecule has 1 aliphatic heterocycles. The molecule has 1 aromatic carbocycles. The second kappa shape index (κ2) is 7.57. The Balaban J connectivity index is 1.92. The van der Waals surface area contributed by atoms with E-state index in [1.165, 1.54) is 0 Å². The summed E-state index contributed by atoms with van der Waals surface area (Å²) in [6, 6.07) is 7.27. The molecule has 2 unspecified atom stereocenters. The molecule has 22 heavy (non-hydrogen) atoms. The molecule has 1 fully saturated rings. The van der Waals surface area contributed by atoms with Gasteiger partial charge in [-0.2, -0.15) is 0 Å². The number of benzene rings is 1. The number of likely N-dealkylation sites (tertiary alicyclic amines) is 1. The Labute approximate surface area is 134 Å². The van der Waals surface area contributed by atoms with Gasteiger partial charge in [0.15, 0.2) is 9.84 Å². The van der Waals surface area contributed by atoms with Gasteiger partial charge in [0.25, 0.3) is 0 Å². The van der Waals surface area contributed by atoms with Crippen LogP contribution < -0.4 is 0 Å². The highest BCUT2D eigenvalue weighted by atomic mass is 32.2. The van der Waals surface area contributed by atoms with Crippen molar-refractivity contribution < 1.29 is 13.5 Å². The van der Waals surface area contributed by atoms with E-state index < -0.39 is 9.84 Å². The number of hydrogen-bond donors (Lipinski definition) is 1. The second-order valence-electron chi connectivity index (χ2n) is 6.39. The maximum absolute atomic E-state index is 12.4. The van der Waals surface area contributed by atoms with Crippen molar-refractivity contribution >= 4 is 9.84 Å². The molecule has 124 valence electrons. The predicted molar refractivity (Wildman–Crippen MR) is 88.7 cm³/mol. The van der Waals surface area contributed by atoms with Crippen LogP contribution >= 0.6 is 0 Å². The number of piperidine rings is 1. The molecule has 0 saturated carbocycles. The van der Waals surface area contributed by atoms with Crippen LogP contribution in [0.1, 0.15) is 31.7 Å². The molecule has 4 nitrogen and oxygen atoms in total. The van der Waals surface area contributed by atoms with E-state index in [0.29, 0.717) is 17.2 Å². The number of aliphatic hydroxyl groups is 1. The summed E-state index contributed by atoms with van der Waals surface area (Å²) in [5, 5.41) is 9.54. The molecule has 1 N–H and O–H groups in total. The van der Waals surface area contributed by atoms with Gasteiger partial charge in [0, 0.05) is 6.04 Å². The molecular formula is C17H27NO3S. The van der Waals surface area contributed by atoms with Gasteiger partial charge in [-0.15, -0.1) is 0 Å². The van der Waals surface area contributed by atoms with Crippen molar-refractivity contribution in [3.8, 4) is 0 Å². The lowest BCUT2D eigenvalue weighted by atomic mass is 9.91. The Morgan fingerprint density at radius 1 is 1.36 bits per heavy atom. The van der Waals surface area contributed by atoms with Gasteiger partial charge in [-0.3, -0.25) is 4.90 Å². The van der Waals surface area contributed by atoms with Gasteiger partial charge in [0.2, 0.25) is 0 Å². The minimum Gasteiger partial charge on any atom is -0.395 e. The van der Waals surface area contributed by atoms with Crippen molar-refractivity contribution in [1.29, 1.82) is 0 Å². The highest BCUT2D eigenvalue weighted by molar-refractivity contribution is 7.91. The van der Waals surface area contributed by atoms with Crippen LogP contribution in [0.4, 0.5) is 0 Å². The first-order valence-corrected chi connectivity index (χ1v) is 9.73. The van der Waals surface area contributed by atoms with Gasteiger partial charge in [0.1, 0.15) is 0 Å². The molecule has 1 aliphatic rings. The fourth-order valence-electron chi connectivity index (χ4n) is 3.29. The average Bonchev–Trinajstić information content (AvgIpc) is 2.47. The largest absolute Gasteiger partial charge is 0.395 e. The molecular weight excluding hydrogens is 298 g/mol. The van der Waals surface area contributed by atoms with Gasteiger partial charge in [-0.25, -0.2) is 8.42 Å². The summed E-state index contributed by atoms with van der Waals surface area (Å²) in [6.07, 6.45) is 2.88. The Hall–Kier alpha value is -0.910. The summed E-state index contributed by atoms with van der Waals surface area (Å²) in [4.78, 5) is 2.66. The molecule has 0 bridgehead atoms. The Morgan fingerprint density at radius 3 is 2.82 bits per heavy atom. The summed E-state index contributed by atoms with van der Waals surface area (Å²) in [6.45, 7) is 5.92. The van der Waals surface area contributed by atoms with E-state index in [2.05, 4.69) is 11.8 Å². The molecule has 0 amide bonds. The lowest BCUT2D eigenvalue weighted by Gasteiger charge is -2.39. The smallest absolute Gasteiger partial charge is 0.178 e. The Morgan fingerprint density at radius 2 is 2.14 bits per heavy atom. The maximum atomic E-state index is 12.4. The molecule has 1 heterocycles. The zero-order valence-electron chi connectivity index (χ0n) is 13.5. The van der Waals surface area contributed by atoms with Crippen LogP contribution in [0.25, 0.3) is 0 Å².